The molecule has 1 heterocycles. The molecule has 2 rings (SSSR count). The van der Waals surface area contributed by atoms with Gasteiger partial charge in [-0.05, 0) is 43.5 Å². The van der Waals surface area contributed by atoms with E-state index in [2.05, 4.69) is 30.5 Å². The number of ether oxygens (including phenoxy) is 2. The van der Waals surface area contributed by atoms with Gasteiger partial charge in [0.05, 0.1) is 20.3 Å². The van der Waals surface area contributed by atoms with Gasteiger partial charge in [0.1, 0.15) is 5.75 Å². The van der Waals surface area contributed by atoms with E-state index in [1.54, 1.807) is 7.11 Å². The summed E-state index contributed by atoms with van der Waals surface area (Å²) in [6, 6.07) is 4.58. The van der Waals surface area contributed by atoms with Crippen molar-refractivity contribution in [2.75, 3.05) is 38.7 Å². The Labute approximate surface area is 115 Å². The number of hydrogen-bond donors (Lipinski definition) is 2. The van der Waals surface area contributed by atoms with Crippen LogP contribution in [-0.4, -0.2) is 39.5 Å². The average molecular weight is 264 g/mol. The van der Waals surface area contributed by atoms with Gasteiger partial charge in [0.15, 0.2) is 0 Å². The molecule has 2 N–H and O–H groups in total. The Kier molecular flexibility index (Phi) is 5.05. The molecule has 0 aliphatic carbocycles. The number of hydrogen-bond acceptors (Lipinski definition) is 4. The Balaban J connectivity index is 1.87. The van der Waals surface area contributed by atoms with Crippen LogP contribution in [0.25, 0.3) is 0 Å². The van der Waals surface area contributed by atoms with E-state index in [1.807, 2.05) is 6.07 Å². The van der Waals surface area contributed by atoms with E-state index in [0.29, 0.717) is 6.04 Å². The van der Waals surface area contributed by atoms with Crippen molar-refractivity contribution in [3.63, 3.8) is 0 Å². The van der Waals surface area contributed by atoms with E-state index in [9.17, 15) is 0 Å². The van der Waals surface area contributed by atoms with Crippen LogP contribution in [0.1, 0.15) is 17.5 Å². The third kappa shape index (κ3) is 3.61. The van der Waals surface area contributed by atoms with Crippen molar-refractivity contribution < 1.29 is 9.47 Å². The van der Waals surface area contributed by atoms with E-state index in [1.165, 1.54) is 16.8 Å². The fourth-order valence-electron chi connectivity index (χ4n) is 2.39. The van der Waals surface area contributed by atoms with Gasteiger partial charge in [-0.1, -0.05) is 0 Å². The van der Waals surface area contributed by atoms with Crippen molar-refractivity contribution in [2.45, 2.75) is 26.3 Å². The number of anilines is 1. The van der Waals surface area contributed by atoms with Crippen LogP contribution in [0.5, 0.6) is 5.75 Å². The van der Waals surface area contributed by atoms with Gasteiger partial charge in [0, 0.05) is 24.8 Å². The van der Waals surface area contributed by atoms with Crippen LogP contribution in [0.4, 0.5) is 5.69 Å². The molecule has 1 aliphatic rings. The molecule has 0 aromatic heterocycles. The molecule has 0 spiro atoms. The molecule has 4 heteroatoms. The molecular formula is C15H24N2O2. The third-order valence-corrected chi connectivity index (χ3v) is 3.76. The molecule has 19 heavy (non-hydrogen) atoms. The summed E-state index contributed by atoms with van der Waals surface area (Å²) in [5, 5.41) is 6.97. The summed E-state index contributed by atoms with van der Waals surface area (Å²) in [5.74, 6) is 0.949. The Hall–Kier alpha value is -1.26. The zero-order chi connectivity index (χ0) is 13.7. The number of benzene rings is 1. The first-order valence-corrected chi connectivity index (χ1v) is 6.91. The SMILES string of the molecule is COc1ccc(NCCC2COCCN2)c(C)c1C. The molecular weight excluding hydrogens is 240 g/mol. The van der Waals surface area contributed by atoms with Gasteiger partial charge in [-0.15, -0.1) is 0 Å². The summed E-state index contributed by atoms with van der Waals surface area (Å²) >= 11 is 0. The number of rotatable bonds is 5. The summed E-state index contributed by atoms with van der Waals surface area (Å²) in [4.78, 5) is 0. The highest BCUT2D eigenvalue weighted by atomic mass is 16.5. The first-order chi connectivity index (χ1) is 9.22. The second-order valence-electron chi connectivity index (χ2n) is 5.01. The normalized spacial score (nSPS) is 19.2. The van der Waals surface area contributed by atoms with Crippen LogP contribution in [0.3, 0.4) is 0 Å². The van der Waals surface area contributed by atoms with E-state index in [4.69, 9.17) is 9.47 Å². The Morgan fingerprint density at radius 1 is 1.37 bits per heavy atom. The van der Waals surface area contributed by atoms with Gasteiger partial charge in [-0.25, -0.2) is 0 Å². The molecule has 0 bridgehead atoms. The molecule has 1 atom stereocenters. The lowest BCUT2D eigenvalue weighted by atomic mass is 10.1. The number of methoxy groups -OCH3 is 1. The second kappa shape index (κ2) is 6.78. The van der Waals surface area contributed by atoms with Gasteiger partial charge in [-0.2, -0.15) is 0 Å². The van der Waals surface area contributed by atoms with Gasteiger partial charge in [0.25, 0.3) is 0 Å². The maximum absolute atomic E-state index is 5.45. The van der Waals surface area contributed by atoms with Crippen LogP contribution in [0.2, 0.25) is 0 Å². The summed E-state index contributed by atoms with van der Waals surface area (Å²) in [7, 11) is 1.71. The van der Waals surface area contributed by atoms with E-state index >= 15 is 0 Å². The standard InChI is InChI=1S/C15H24N2O2/c1-11-12(2)15(18-3)5-4-14(11)17-7-6-13-10-19-9-8-16-13/h4-5,13,16-17H,6-10H2,1-3H3. The highest BCUT2D eigenvalue weighted by Gasteiger charge is 2.12. The molecule has 0 radical (unpaired) electrons. The lowest BCUT2D eigenvalue weighted by Gasteiger charge is -2.24. The first-order valence-electron chi connectivity index (χ1n) is 6.91. The quantitative estimate of drug-likeness (QED) is 0.854. The van der Waals surface area contributed by atoms with Crippen molar-refractivity contribution >= 4 is 5.69 Å². The molecule has 1 fully saturated rings. The highest BCUT2D eigenvalue weighted by molar-refractivity contribution is 5.58. The van der Waals surface area contributed by atoms with Crippen LogP contribution < -0.4 is 15.4 Å². The minimum Gasteiger partial charge on any atom is -0.496 e. The lowest BCUT2D eigenvalue weighted by Crippen LogP contribution is -2.42. The molecule has 106 valence electrons. The average Bonchev–Trinajstić information content (AvgIpc) is 2.45. The zero-order valence-electron chi connectivity index (χ0n) is 12.1. The fraction of sp³-hybridized carbons (Fsp3) is 0.600. The van der Waals surface area contributed by atoms with Gasteiger partial charge >= 0.3 is 0 Å². The lowest BCUT2D eigenvalue weighted by molar-refractivity contribution is 0.0753. The predicted octanol–water partition coefficient (Wildman–Crippen LogP) is 2.10. The Morgan fingerprint density at radius 2 is 2.21 bits per heavy atom. The molecule has 4 nitrogen and oxygen atoms in total. The van der Waals surface area contributed by atoms with Crippen molar-refractivity contribution in [3.8, 4) is 5.75 Å². The maximum atomic E-state index is 5.45. The minimum atomic E-state index is 0.473. The predicted molar refractivity (Wildman–Crippen MR) is 78.2 cm³/mol. The molecule has 1 aromatic carbocycles. The van der Waals surface area contributed by atoms with Crippen LogP contribution >= 0.6 is 0 Å². The summed E-state index contributed by atoms with van der Waals surface area (Å²) in [6.45, 7) is 7.79. The summed E-state index contributed by atoms with van der Waals surface area (Å²) in [6.07, 6.45) is 1.07. The zero-order valence-corrected chi connectivity index (χ0v) is 12.1. The third-order valence-electron chi connectivity index (χ3n) is 3.76. The van der Waals surface area contributed by atoms with Gasteiger partial charge < -0.3 is 20.1 Å². The van der Waals surface area contributed by atoms with Crippen LogP contribution in [-0.2, 0) is 4.74 Å². The minimum absolute atomic E-state index is 0.473. The van der Waals surface area contributed by atoms with Crippen LogP contribution in [0, 0.1) is 13.8 Å². The molecule has 1 aliphatic heterocycles. The topological polar surface area (TPSA) is 42.5 Å². The summed E-state index contributed by atoms with van der Waals surface area (Å²) < 4.78 is 10.8. The van der Waals surface area contributed by atoms with Gasteiger partial charge in [-0.3, -0.25) is 0 Å². The molecule has 1 unspecified atom stereocenters. The first kappa shape index (κ1) is 14.2. The Morgan fingerprint density at radius 3 is 2.89 bits per heavy atom. The van der Waals surface area contributed by atoms with Crippen molar-refractivity contribution in [3.05, 3.63) is 23.3 Å². The molecule has 1 saturated heterocycles. The van der Waals surface area contributed by atoms with E-state index in [-0.39, 0.29) is 0 Å². The smallest absolute Gasteiger partial charge is 0.122 e. The Bertz CT molecular complexity index is 415. The fourth-order valence-corrected chi connectivity index (χ4v) is 2.39. The molecule has 0 amide bonds. The van der Waals surface area contributed by atoms with Gasteiger partial charge in [0.2, 0.25) is 0 Å². The number of morpholine rings is 1. The van der Waals surface area contributed by atoms with Crippen molar-refractivity contribution in [2.24, 2.45) is 0 Å². The van der Waals surface area contributed by atoms with E-state index < -0.39 is 0 Å². The monoisotopic (exact) mass is 264 g/mol. The van der Waals surface area contributed by atoms with E-state index in [0.717, 1.165) is 38.5 Å². The van der Waals surface area contributed by atoms with Crippen molar-refractivity contribution in [1.82, 2.24) is 5.32 Å². The highest BCUT2D eigenvalue weighted by Crippen LogP contribution is 2.27. The second-order valence-corrected chi connectivity index (χ2v) is 5.01. The molecule has 0 saturated carbocycles. The van der Waals surface area contributed by atoms with Crippen molar-refractivity contribution in [1.29, 1.82) is 0 Å². The van der Waals surface area contributed by atoms with Crippen LogP contribution in [0.15, 0.2) is 12.1 Å². The number of nitrogens with one attached hydrogen (secondary N) is 2. The maximum Gasteiger partial charge on any atom is 0.122 e. The largest absolute Gasteiger partial charge is 0.496 e. The summed E-state index contributed by atoms with van der Waals surface area (Å²) in [5.41, 5.74) is 3.65. The molecule has 1 aromatic rings.